The van der Waals surface area contributed by atoms with E-state index in [1.807, 2.05) is 6.07 Å². The molecule has 0 radical (unpaired) electrons. The molecule has 1 aromatic carbocycles. The van der Waals surface area contributed by atoms with Crippen LogP contribution in [0.5, 0.6) is 0 Å². The van der Waals surface area contributed by atoms with Gasteiger partial charge in [-0.3, -0.25) is 4.79 Å². The third-order valence-electron chi connectivity index (χ3n) is 2.85. The molecule has 0 bridgehead atoms. The van der Waals surface area contributed by atoms with Gasteiger partial charge in [0.05, 0.1) is 16.1 Å². The molecule has 88 valence electrons. The normalized spacial score (nSPS) is 12.6. The molecule has 0 fully saturated rings. The molecule has 0 aliphatic heterocycles. The molecule has 1 nitrogen and oxygen atoms in total. The Hall–Kier alpha value is -0.676. The number of benzene rings is 1. The van der Waals surface area contributed by atoms with Gasteiger partial charge < -0.3 is 0 Å². The first-order valence-corrected chi connectivity index (χ1v) is 12.8. The zero-order chi connectivity index (χ0) is 12.6. The fraction of sp³-hybridized carbons (Fsp3) is 0.462. The zero-order valence-corrected chi connectivity index (χ0v) is 13.2. The molecule has 0 saturated heterocycles. The van der Waals surface area contributed by atoms with E-state index in [0.29, 0.717) is 0 Å². The molecular formula is C13H22OSi2. The third-order valence-corrected chi connectivity index (χ3v) is 6.95. The smallest absolute Gasteiger partial charge is 0.149 e. The molecule has 0 aromatic heterocycles. The second-order valence-corrected chi connectivity index (χ2v) is 16.5. The summed E-state index contributed by atoms with van der Waals surface area (Å²) in [6, 6.07) is 6.44. The van der Waals surface area contributed by atoms with Gasteiger partial charge in [0.2, 0.25) is 0 Å². The lowest BCUT2D eigenvalue weighted by Gasteiger charge is -2.24. The molecule has 3 heteroatoms. The van der Waals surface area contributed by atoms with Crippen LogP contribution < -0.4 is 10.4 Å². The first-order valence-electron chi connectivity index (χ1n) is 5.76. The number of hydrogen-bond donors (Lipinski definition) is 0. The minimum absolute atomic E-state index is 0.890. The molecule has 0 N–H and O–H groups in total. The van der Waals surface area contributed by atoms with Crippen molar-refractivity contribution in [3.05, 3.63) is 23.8 Å². The van der Waals surface area contributed by atoms with Gasteiger partial charge in [0, 0.05) is 5.56 Å². The van der Waals surface area contributed by atoms with Gasteiger partial charge in [-0.05, 0) is 5.19 Å². The van der Waals surface area contributed by atoms with Crippen molar-refractivity contribution in [1.82, 2.24) is 0 Å². The van der Waals surface area contributed by atoms with Crippen molar-refractivity contribution >= 4 is 32.8 Å². The highest BCUT2D eigenvalue weighted by molar-refractivity contribution is 6.92. The van der Waals surface area contributed by atoms with Crippen molar-refractivity contribution in [2.75, 3.05) is 0 Å². The van der Waals surface area contributed by atoms with Gasteiger partial charge in [-0.25, -0.2) is 0 Å². The monoisotopic (exact) mass is 250 g/mol. The Kier molecular flexibility index (Phi) is 3.60. The van der Waals surface area contributed by atoms with Crippen LogP contribution in [0.1, 0.15) is 10.4 Å². The van der Waals surface area contributed by atoms with Crippen molar-refractivity contribution in [2.45, 2.75) is 39.3 Å². The van der Waals surface area contributed by atoms with Crippen LogP contribution in [0.15, 0.2) is 18.2 Å². The van der Waals surface area contributed by atoms with Crippen LogP contribution in [0.25, 0.3) is 0 Å². The summed E-state index contributed by atoms with van der Waals surface area (Å²) in [7, 11) is -2.69. The minimum atomic E-state index is -1.42. The quantitative estimate of drug-likeness (QED) is 0.595. The van der Waals surface area contributed by atoms with Crippen LogP contribution in [-0.4, -0.2) is 22.4 Å². The van der Waals surface area contributed by atoms with E-state index in [4.69, 9.17) is 0 Å². The standard InChI is InChI=1S/C13H22OSi2/c1-15(2,3)12-8-7-11(10-14)13(9-12)16(4,5)6/h7-10H,1-6H3. The molecule has 1 rings (SSSR count). The molecule has 0 amide bonds. The lowest BCUT2D eigenvalue weighted by atomic mass is 10.2. The predicted molar refractivity (Wildman–Crippen MR) is 77.8 cm³/mol. The van der Waals surface area contributed by atoms with Crippen LogP contribution in [0.3, 0.4) is 0 Å². The Labute approximate surface area is 101 Å². The summed E-state index contributed by atoms with van der Waals surface area (Å²) in [5, 5.41) is 2.76. The number of hydrogen-bond acceptors (Lipinski definition) is 1. The molecule has 0 atom stereocenters. The van der Waals surface area contributed by atoms with Crippen molar-refractivity contribution in [3.8, 4) is 0 Å². The molecule has 16 heavy (non-hydrogen) atoms. The lowest BCUT2D eigenvalue weighted by molar-refractivity contribution is 0.112. The van der Waals surface area contributed by atoms with Crippen LogP contribution in [0.2, 0.25) is 39.3 Å². The van der Waals surface area contributed by atoms with Gasteiger partial charge in [-0.2, -0.15) is 0 Å². The summed E-state index contributed by atoms with van der Waals surface area (Å²) in [4.78, 5) is 11.1. The molecule has 0 spiro atoms. The molecule has 0 heterocycles. The fourth-order valence-electron chi connectivity index (χ4n) is 1.78. The highest BCUT2D eigenvalue weighted by Gasteiger charge is 2.23. The topological polar surface area (TPSA) is 17.1 Å². The van der Waals surface area contributed by atoms with E-state index in [-0.39, 0.29) is 0 Å². The second kappa shape index (κ2) is 4.30. The third kappa shape index (κ3) is 2.92. The number of aldehydes is 1. The summed E-state index contributed by atoms with van der Waals surface area (Å²) in [5.41, 5.74) is 0.890. The summed E-state index contributed by atoms with van der Waals surface area (Å²) in [5.74, 6) is 0. The Morgan fingerprint density at radius 1 is 0.938 bits per heavy atom. The Balaban J connectivity index is 3.39. The summed E-state index contributed by atoms with van der Waals surface area (Å²) in [6.45, 7) is 13.9. The van der Waals surface area contributed by atoms with Gasteiger partial charge in [0.15, 0.2) is 0 Å². The van der Waals surface area contributed by atoms with Gasteiger partial charge >= 0.3 is 0 Å². The molecular weight excluding hydrogens is 228 g/mol. The van der Waals surface area contributed by atoms with E-state index in [1.165, 1.54) is 10.4 Å². The van der Waals surface area contributed by atoms with E-state index in [0.717, 1.165) is 11.8 Å². The van der Waals surface area contributed by atoms with Gasteiger partial charge in [0.25, 0.3) is 0 Å². The zero-order valence-electron chi connectivity index (χ0n) is 11.2. The molecule has 0 aliphatic carbocycles. The van der Waals surface area contributed by atoms with E-state index >= 15 is 0 Å². The van der Waals surface area contributed by atoms with Crippen molar-refractivity contribution < 1.29 is 4.79 Å². The highest BCUT2D eigenvalue weighted by Crippen LogP contribution is 2.08. The fourth-order valence-corrected chi connectivity index (χ4v) is 4.68. The summed E-state index contributed by atoms with van der Waals surface area (Å²) < 4.78 is 0. The lowest BCUT2D eigenvalue weighted by Crippen LogP contribution is -2.46. The van der Waals surface area contributed by atoms with Crippen LogP contribution >= 0.6 is 0 Å². The maximum atomic E-state index is 11.1. The van der Waals surface area contributed by atoms with Crippen molar-refractivity contribution in [3.63, 3.8) is 0 Å². The van der Waals surface area contributed by atoms with Crippen molar-refractivity contribution in [1.29, 1.82) is 0 Å². The molecule has 0 unspecified atom stereocenters. The summed E-state index contributed by atoms with van der Waals surface area (Å²) in [6.07, 6.45) is 1.00. The van der Waals surface area contributed by atoms with E-state index in [1.54, 1.807) is 0 Å². The van der Waals surface area contributed by atoms with E-state index in [9.17, 15) is 4.79 Å². The van der Waals surface area contributed by atoms with Gasteiger partial charge in [0.1, 0.15) is 6.29 Å². The van der Waals surface area contributed by atoms with Gasteiger partial charge in [-0.15, -0.1) is 0 Å². The first-order chi connectivity index (χ1) is 7.16. The largest absolute Gasteiger partial charge is 0.298 e. The average Bonchev–Trinajstić information content (AvgIpc) is 2.14. The maximum absolute atomic E-state index is 11.1. The van der Waals surface area contributed by atoms with E-state index < -0.39 is 16.1 Å². The highest BCUT2D eigenvalue weighted by atomic mass is 28.3. The van der Waals surface area contributed by atoms with Crippen molar-refractivity contribution in [2.24, 2.45) is 0 Å². The Morgan fingerprint density at radius 3 is 1.88 bits per heavy atom. The van der Waals surface area contributed by atoms with Gasteiger partial charge in [-0.1, -0.05) is 62.7 Å². The number of carbonyl (C=O) groups is 1. The number of rotatable bonds is 3. The molecule has 0 saturated carbocycles. The van der Waals surface area contributed by atoms with Crippen LogP contribution in [0, 0.1) is 0 Å². The Bertz CT molecular complexity index is 397. The van der Waals surface area contributed by atoms with Crippen LogP contribution in [0.4, 0.5) is 0 Å². The molecule has 1 aromatic rings. The minimum Gasteiger partial charge on any atom is -0.298 e. The maximum Gasteiger partial charge on any atom is 0.149 e. The second-order valence-electron chi connectivity index (χ2n) is 6.42. The predicted octanol–water partition coefficient (Wildman–Crippen LogP) is 2.59. The Morgan fingerprint density at radius 2 is 1.50 bits per heavy atom. The molecule has 0 aliphatic rings. The SMILES string of the molecule is C[Si](C)(C)c1ccc(C=O)c([Si](C)(C)C)c1. The number of carbonyl (C=O) groups excluding carboxylic acids is 1. The summed E-state index contributed by atoms with van der Waals surface area (Å²) >= 11 is 0. The van der Waals surface area contributed by atoms with E-state index in [2.05, 4.69) is 51.4 Å². The van der Waals surface area contributed by atoms with Crippen LogP contribution in [-0.2, 0) is 0 Å². The average molecular weight is 250 g/mol. The first kappa shape index (κ1) is 13.4.